The van der Waals surface area contributed by atoms with Crippen LogP contribution in [0.25, 0.3) is 11.0 Å². The second kappa shape index (κ2) is 14.4. The Morgan fingerprint density at radius 2 is 2.06 bits per heavy atom. The molecule has 2 aromatic heterocycles. The van der Waals surface area contributed by atoms with Crippen LogP contribution in [0.2, 0.25) is 0 Å². The first-order chi connectivity index (χ1) is 26.0. The zero-order chi connectivity index (χ0) is 37.9. The van der Waals surface area contributed by atoms with Crippen LogP contribution in [0.15, 0.2) is 63.0 Å². The van der Waals surface area contributed by atoms with Crippen LogP contribution in [0.3, 0.4) is 0 Å². The SMILES string of the molecule is CC=C(C)C(=O)OC1(C)CC=C2CSSC3CCC(NC)C4CN(C(=O)Cc5cnc(N)cc5C2C12Cc1cc5cc(CCCO)c(=O)oc5cc1O2)C34. The van der Waals surface area contributed by atoms with Crippen molar-refractivity contribution in [3.8, 4) is 5.75 Å². The van der Waals surface area contributed by atoms with E-state index in [0.29, 0.717) is 76.9 Å². The van der Waals surface area contributed by atoms with Gasteiger partial charge in [0.05, 0.1) is 18.4 Å². The second-order valence-electron chi connectivity index (χ2n) is 15.6. The molecular weight excluding hydrogens is 725 g/mol. The molecule has 3 aromatic rings. The minimum atomic E-state index is -1.17. The first-order valence-electron chi connectivity index (χ1n) is 18.9. The van der Waals surface area contributed by atoms with Gasteiger partial charge in [-0.05, 0) is 88.4 Å². The van der Waals surface area contributed by atoms with E-state index in [9.17, 15) is 19.5 Å². The van der Waals surface area contributed by atoms with Gasteiger partial charge in [0.15, 0.2) is 11.2 Å². The zero-order valence-corrected chi connectivity index (χ0v) is 32.8. The molecule has 1 saturated heterocycles. The average Bonchev–Trinajstić information content (AvgIpc) is 3.51. The average molecular weight is 773 g/mol. The van der Waals surface area contributed by atoms with Crippen molar-refractivity contribution in [1.82, 2.24) is 15.2 Å². The number of fused-ring (bicyclic) bond motifs is 6. The number of nitrogens with one attached hydrogen (secondary N) is 1. The summed E-state index contributed by atoms with van der Waals surface area (Å²) in [6.07, 6.45) is 9.56. The fourth-order valence-electron chi connectivity index (χ4n) is 9.47. The van der Waals surface area contributed by atoms with Crippen LogP contribution in [-0.2, 0) is 33.6 Å². The lowest BCUT2D eigenvalue weighted by Gasteiger charge is -2.57. The van der Waals surface area contributed by atoms with Crippen LogP contribution in [0, 0.1) is 5.92 Å². The molecule has 1 amide bonds. The summed E-state index contributed by atoms with van der Waals surface area (Å²) < 4.78 is 19.6. The number of nitrogens with zero attached hydrogens (tertiary/aromatic N) is 2. The number of carbonyl (C=O) groups is 2. The highest BCUT2D eigenvalue weighted by molar-refractivity contribution is 8.77. The number of aliphatic hydroxyl groups is 1. The van der Waals surface area contributed by atoms with E-state index >= 15 is 0 Å². The highest BCUT2D eigenvalue weighted by Gasteiger charge is 2.64. The largest absolute Gasteiger partial charge is 0.481 e. The van der Waals surface area contributed by atoms with Gasteiger partial charge < -0.3 is 34.9 Å². The van der Waals surface area contributed by atoms with Crippen molar-refractivity contribution >= 4 is 50.3 Å². The van der Waals surface area contributed by atoms with Crippen molar-refractivity contribution in [2.45, 2.75) is 100 Å². The van der Waals surface area contributed by atoms with E-state index in [2.05, 4.69) is 21.3 Å². The minimum absolute atomic E-state index is 0.0280. The number of aliphatic hydroxyl groups excluding tert-OH is 1. The molecule has 3 aliphatic heterocycles. The third-order valence-electron chi connectivity index (χ3n) is 12.6. The van der Waals surface area contributed by atoms with Crippen molar-refractivity contribution in [2.24, 2.45) is 5.92 Å². The van der Waals surface area contributed by atoms with E-state index in [1.165, 1.54) is 0 Å². The van der Waals surface area contributed by atoms with E-state index in [1.54, 1.807) is 25.3 Å². The standard InChI is InChI=1S/C41H48N4O7S2/c1-5-22(2)38(48)52-40(3)11-10-24-21-53-54-33-9-8-30(43-4)29-20-45(37(29)33)35(47)15-27-19-44-34(42)16-28(27)36(24)41(40)18-26-14-25-13-23(7-6-12-46)39(49)50-31(25)17-32(26)51-41/h5,10,13-14,16-17,19,29-30,33,36-37,43,46H,6-9,11-12,15,18,20-21H2,1-4H3,(H2,42,44). The summed E-state index contributed by atoms with van der Waals surface area (Å²) in [4.78, 5) is 47.6. The van der Waals surface area contributed by atoms with E-state index in [1.807, 2.05) is 60.7 Å². The Bertz CT molecular complexity index is 2140. The van der Waals surface area contributed by atoms with Crippen LogP contribution in [-0.4, -0.2) is 81.4 Å². The predicted octanol–water partition coefficient (Wildman–Crippen LogP) is 5.27. The van der Waals surface area contributed by atoms with E-state index < -0.39 is 28.7 Å². The molecule has 54 heavy (non-hydrogen) atoms. The van der Waals surface area contributed by atoms with Gasteiger partial charge in [-0.3, -0.25) is 4.79 Å². The van der Waals surface area contributed by atoms with Crippen molar-refractivity contribution in [1.29, 1.82) is 0 Å². The number of benzene rings is 1. The summed E-state index contributed by atoms with van der Waals surface area (Å²) in [7, 11) is 5.72. The predicted molar refractivity (Wildman–Crippen MR) is 212 cm³/mol. The minimum Gasteiger partial charge on any atom is -0.481 e. The number of aryl methyl sites for hydroxylation is 1. The maximum absolute atomic E-state index is 14.3. The summed E-state index contributed by atoms with van der Waals surface area (Å²) in [6.45, 7) is 6.20. The highest BCUT2D eigenvalue weighted by atomic mass is 33.1. The maximum Gasteiger partial charge on any atom is 0.339 e. The summed E-state index contributed by atoms with van der Waals surface area (Å²) in [6, 6.07) is 8.04. The number of allylic oxidation sites excluding steroid dienone is 1. The monoisotopic (exact) mass is 772 g/mol. The lowest BCUT2D eigenvalue weighted by Crippen LogP contribution is -2.69. The number of ether oxygens (including phenoxy) is 2. The Kier molecular flexibility index (Phi) is 9.89. The number of nitrogen functional groups attached to an aromatic ring is 1. The summed E-state index contributed by atoms with van der Waals surface area (Å²) in [5.74, 6) is 1.15. The van der Waals surface area contributed by atoms with Gasteiger partial charge in [0.25, 0.3) is 0 Å². The molecule has 0 radical (unpaired) electrons. The third-order valence-corrected chi connectivity index (χ3v) is 15.4. The molecule has 1 spiro atoms. The van der Waals surface area contributed by atoms with Gasteiger partial charge >= 0.3 is 11.6 Å². The molecule has 5 heterocycles. The molecule has 8 rings (SSSR count). The van der Waals surface area contributed by atoms with Gasteiger partial charge in [0.1, 0.15) is 17.2 Å². The Morgan fingerprint density at radius 1 is 1.22 bits per heavy atom. The van der Waals surface area contributed by atoms with Gasteiger partial charge in [0.2, 0.25) is 5.91 Å². The van der Waals surface area contributed by atoms with Crippen LogP contribution in [0.1, 0.15) is 74.6 Å². The van der Waals surface area contributed by atoms with Crippen LogP contribution >= 0.6 is 21.6 Å². The number of pyridine rings is 1. The number of rotatable bonds is 6. The van der Waals surface area contributed by atoms with Gasteiger partial charge in [0, 0.05) is 77.7 Å². The first-order valence-corrected chi connectivity index (χ1v) is 21.3. The lowest BCUT2D eigenvalue weighted by molar-refractivity contribution is -0.183. The molecule has 5 aliphatic rings. The summed E-state index contributed by atoms with van der Waals surface area (Å²) >= 11 is 0. The number of carbonyl (C=O) groups excluding carboxylic acids is 2. The van der Waals surface area contributed by atoms with E-state index in [-0.39, 0.29) is 25.0 Å². The number of nitrogens with two attached hydrogens (primary N) is 1. The van der Waals surface area contributed by atoms with Gasteiger partial charge in [-0.25, -0.2) is 14.6 Å². The summed E-state index contributed by atoms with van der Waals surface area (Å²) in [5, 5.41) is 14.0. The lowest BCUT2D eigenvalue weighted by atomic mass is 9.61. The number of hydrogen-bond acceptors (Lipinski definition) is 12. The number of aromatic nitrogens is 1. The highest BCUT2D eigenvalue weighted by Crippen LogP contribution is 2.59. The molecule has 2 fully saturated rings. The smallest absolute Gasteiger partial charge is 0.339 e. The van der Waals surface area contributed by atoms with Crippen LogP contribution in [0.4, 0.5) is 5.82 Å². The number of amides is 1. The molecular formula is C41H48N4O7S2. The fourth-order valence-corrected chi connectivity index (χ4v) is 12.6. The second-order valence-corrected chi connectivity index (χ2v) is 18.2. The van der Waals surface area contributed by atoms with Gasteiger partial charge in [-0.1, -0.05) is 39.3 Å². The molecule has 286 valence electrons. The Balaban J connectivity index is 1.27. The Morgan fingerprint density at radius 3 is 2.83 bits per heavy atom. The molecule has 7 atom stereocenters. The van der Waals surface area contributed by atoms with E-state index in [4.69, 9.17) is 19.6 Å². The first kappa shape index (κ1) is 37.2. The topological polar surface area (TPSA) is 157 Å². The number of hydrogen-bond donors (Lipinski definition) is 3. The molecule has 2 aliphatic carbocycles. The van der Waals surface area contributed by atoms with Crippen LogP contribution in [0.5, 0.6) is 5.75 Å². The van der Waals surface area contributed by atoms with Crippen molar-refractivity contribution in [2.75, 3.05) is 31.7 Å². The van der Waals surface area contributed by atoms with Crippen LogP contribution < -0.4 is 21.4 Å². The normalized spacial score (nSPS) is 30.5. The molecule has 13 heteroatoms. The van der Waals surface area contributed by atoms with Gasteiger partial charge in [-0.2, -0.15) is 0 Å². The summed E-state index contributed by atoms with van der Waals surface area (Å²) in [5.41, 5.74) is 8.68. The third kappa shape index (κ3) is 6.15. The van der Waals surface area contributed by atoms with E-state index in [0.717, 1.165) is 47.0 Å². The Hall–Kier alpha value is -3.78. The van der Waals surface area contributed by atoms with Crippen molar-refractivity contribution < 1.29 is 28.6 Å². The van der Waals surface area contributed by atoms with Crippen molar-refractivity contribution in [3.63, 3.8) is 0 Å². The molecule has 1 aromatic carbocycles. The molecule has 7 unspecified atom stereocenters. The molecule has 0 bridgehead atoms. The Labute approximate surface area is 322 Å². The molecule has 1 saturated carbocycles. The quantitative estimate of drug-likeness (QED) is 0.0983. The fraction of sp³-hybridized carbons (Fsp3) is 0.512. The van der Waals surface area contributed by atoms with Gasteiger partial charge in [-0.15, -0.1) is 0 Å². The molecule has 4 N–H and O–H groups in total. The molecule has 11 nitrogen and oxygen atoms in total. The number of esters is 1. The van der Waals surface area contributed by atoms with Crippen molar-refractivity contribution in [3.05, 3.63) is 86.4 Å². The zero-order valence-electron chi connectivity index (χ0n) is 31.2. The maximum atomic E-state index is 14.3. The number of anilines is 1.